The number of ether oxygens (including phenoxy) is 2. The standard InChI is InChI=1S/C24H29NO4/c1-16(26)25(5)20-10-12-21(13-11-20)28-15-19-9-8-18(17-6-7-17)14-22(19)23(27)29-24(2,3)4/h8-14,17H,6-7,15H2,1-5H3. The number of carbonyl (C=O) groups is 2. The summed E-state index contributed by atoms with van der Waals surface area (Å²) in [7, 11) is 1.73. The van der Waals surface area contributed by atoms with Gasteiger partial charge in [0.25, 0.3) is 0 Å². The topological polar surface area (TPSA) is 55.8 Å². The molecule has 0 atom stereocenters. The molecule has 3 rings (SSSR count). The van der Waals surface area contributed by atoms with E-state index in [1.165, 1.54) is 25.3 Å². The average Bonchev–Trinajstić information content (AvgIpc) is 3.50. The molecule has 0 saturated heterocycles. The van der Waals surface area contributed by atoms with E-state index in [2.05, 4.69) is 6.07 Å². The molecule has 0 N–H and O–H groups in total. The van der Waals surface area contributed by atoms with Crippen molar-refractivity contribution in [2.45, 2.75) is 58.7 Å². The predicted octanol–water partition coefficient (Wildman–Crippen LogP) is 5.08. The zero-order valence-corrected chi connectivity index (χ0v) is 17.8. The predicted molar refractivity (Wildman–Crippen MR) is 113 cm³/mol. The number of nitrogens with zero attached hydrogens (tertiary/aromatic N) is 1. The van der Waals surface area contributed by atoms with E-state index in [0.717, 1.165) is 11.3 Å². The monoisotopic (exact) mass is 395 g/mol. The van der Waals surface area contributed by atoms with Crippen molar-refractivity contribution >= 4 is 17.6 Å². The van der Waals surface area contributed by atoms with Gasteiger partial charge in [-0.15, -0.1) is 0 Å². The molecule has 0 bridgehead atoms. The van der Waals surface area contributed by atoms with Crippen LogP contribution < -0.4 is 9.64 Å². The van der Waals surface area contributed by atoms with Gasteiger partial charge in [0.1, 0.15) is 18.0 Å². The molecule has 0 spiro atoms. The fourth-order valence-electron chi connectivity index (χ4n) is 3.02. The van der Waals surface area contributed by atoms with E-state index in [0.29, 0.717) is 17.2 Å². The van der Waals surface area contributed by atoms with Crippen LogP contribution in [0, 0.1) is 0 Å². The van der Waals surface area contributed by atoms with E-state index in [-0.39, 0.29) is 18.5 Å². The molecule has 0 aliphatic heterocycles. The molecular formula is C24H29NO4. The van der Waals surface area contributed by atoms with Crippen molar-refractivity contribution in [1.82, 2.24) is 0 Å². The molecule has 0 unspecified atom stereocenters. The van der Waals surface area contributed by atoms with Crippen LogP contribution in [0.5, 0.6) is 5.75 Å². The van der Waals surface area contributed by atoms with Crippen LogP contribution in [-0.4, -0.2) is 24.5 Å². The van der Waals surface area contributed by atoms with Gasteiger partial charge in [0, 0.05) is 25.2 Å². The quantitative estimate of drug-likeness (QED) is 0.640. The number of amides is 1. The van der Waals surface area contributed by atoms with Crippen LogP contribution in [0.15, 0.2) is 42.5 Å². The summed E-state index contributed by atoms with van der Waals surface area (Å²) in [6.45, 7) is 7.39. The highest BCUT2D eigenvalue weighted by molar-refractivity contribution is 5.92. The third-order valence-corrected chi connectivity index (χ3v) is 4.89. The molecule has 29 heavy (non-hydrogen) atoms. The number of carbonyl (C=O) groups excluding carboxylic acids is 2. The van der Waals surface area contributed by atoms with Gasteiger partial charge in [-0.3, -0.25) is 4.79 Å². The van der Waals surface area contributed by atoms with E-state index in [4.69, 9.17) is 9.47 Å². The normalized spacial score (nSPS) is 13.7. The Morgan fingerprint density at radius 3 is 2.28 bits per heavy atom. The summed E-state index contributed by atoms with van der Waals surface area (Å²) >= 11 is 0. The van der Waals surface area contributed by atoms with Gasteiger partial charge in [-0.05, 0) is 75.4 Å². The zero-order valence-electron chi connectivity index (χ0n) is 17.8. The van der Waals surface area contributed by atoms with Crippen LogP contribution >= 0.6 is 0 Å². The van der Waals surface area contributed by atoms with E-state index < -0.39 is 5.60 Å². The maximum atomic E-state index is 12.8. The molecule has 2 aromatic rings. The Bertz CT molecular complexity index is 892. The van der Waals surface area contributed by atoms with Gasteiger partial charge in [0.2, 0.25) is 5.91 Å². The highest BCUT2D eigenvalue weighted by Crippen LogP contribution is 2.40. The number of hydrogen-bond acceptors (Lipinski definition) is 4. The van der Waals surface area contributed by atoms with Crippen LogP contribution in [-0.2, 0) is 16.1 Å². The molecule has 1 amide bonds. The summed E-state index contributed by atoms with van der Waals surface area (Å²) in [4.78, 5) is 25.8. The molecular weight excluding hydrogens is 366 g/mol. The number of anilines is 1. The van der Waals surface area contributed by atoms with Gasteiger partial charge in [0.15, 0.2) is 0 Å². The van der Waals surface area contributed by atoms with Gasteiger partial charge in [-0.1, -0.05) is 12.1 Å². The molecule has 1 aliphatic rings. The summed E-state index contributed by atoms with van der Waals surface area (Å²) in [5.41, 5.74) is 2.80. The Labute approximate surface area is 172 Å². The Balaban J connectivity index is 1.76. The first-order chi connectivity index (χ1) is 13.6. The first-order valence-electron chi connectivity index (χ1n) is 9.97. The van der Waals surface area contributed by atoms with Gasteiger partial charge >= 0.3 is 5.97 Å². The van der Waals surface area contributed by atoms with Crippen molar-refractivity contribution < 1.29 is 19.1 Å². The van der Waals surface area contributed by atoms with Gasteiger partial charge in [-0.25, -0.2) is 4.79 Å². The van der Waals surface area contributed by atoms with Crippen molar-refractivity contribution in [2.75, 3.05) is 11.9 Å². The molecule has 154 valence electrons. The highest BCUT2D eigenvalue weighted by atomic mass is 16.6. The second-order valence-electron chi connectivity index (χ2n) is 8.55. The SMILES string of the molecule is CC(=O)N(C)c1ccc(OCc2ccc(C3CC3)cc2C(=O)OC(C)(C)C)cc1. The maximum Gasteiger partial charge on any atom is 0.339 e. The Morgan fingerprint density at radius 1 is 1.07 bits per heavy atom. The number of benzene rings is 2. The smallest absolute Gasteiger partial charge is 0.339 e. The number of esters is 1. The second kappa shape index (κ2) is 8.27. The molecule has 0 radical (unpaired) electrons. The molecule has 0 aromatic heterocycles. The summed E-state index contributed by atoms with van der Waals surface area (Å²) in [5.74, 6) is 0.873. The number of rotatable bonds is 6. The van der Waals surface area contributed by atoms with E-state index >= 15 is 0 Å². The molecule has 1 saturated carbocycles. The number of hydrogen-bond donors (Lipinski definition) is 0. The van der Waals surface area contributed by atoms with Crippen LogP contribution in [0.4, 0.5) is 5.69 Å². The van der Waals surface area contributed by atoms with E-state index in [1.807, 2.05) is 57.2 Å². The minimum absolute atomic E-state index is 0.0311. The maximum absolute atomic E-state index is 12.8. The second-order valence-corrected chi connectivity index (χ2v) is 8.55. The Morgan fingerprint density at radius 2 is 1.72 bits per heavy atom. The molecule has 2 aromatic carbocycles. The summed E-state index contributed by atoms with van der Waals surface area (Å²) < 4.78 is 11.5. The fourth-order valence-corrected chi connectivity index (χ4v) is 3.02. The van der Waals surface area contributed by atoms with Crippen LogP contribution in [0.2, 0.25) is 0 Å². The lowest BCUT2D eigenvalue weighted by molar-refractivity contribution is -0.116. The third-order valence-electron chi connectivity index (χ3n) is 4.89. The van der Waals surface area contributed by atoms with Gasteiger partial charge in [0.05, 0.1) is 5.56 Å². The molecule has 5 nitrogen and oxygen atoms in total. The summed E-state index contributed by atoms with van der Waals surface area (Å²) in [6.07, 6.45) is 2.34. The van der Waals surface area contributed by atoms with Crippen LogP contribution in [0.1, 0.15) is 67.9 Å². The van der Waals surface area contributed by atoms with E-state index in [9.17, 15) is 9.59 Å². The fraction of sp³-hybridized carbons (Fsp3) is 0.417. The minimum atomic E-state index is -0.552. The van der Waals surface area contributed by atoms with Crippen molar-refractivity contribution in [3.8, 4) is 5.75 Å². The Kier molecular flexibility index (Phi) is 5.96. The molecule has 1 aliphatic carbocycles. The van der Waals surface area contributed by atoms with Gasteiger partial charge in [-0.2, -0.15) is 0 Å². The van der Waals surface area contributed by atoms with Crippen molar-refractivity contribution in [3.05, 3.63) is 59.2 Å². The first kappa shape index (κ1) is 20.9. The molecule has 0 heterocycles. The minimum Gasteiger partial charge on any atom is -0.489 e. The van der Waals surface area contributed by atoms with Gasteiger partial charge < -0.3 is 14.4 Å². The Hall–Kier alpha value is -2.82. The van der Waals surface area contributed by atoms with E-state index in [1.54, 1.807) is 11.9 Å². The highest BCUT2D eigenvalue weighted by Gasteiger charge is 2.27. The average molecular weight is 395 g/mol. The van der Waals surface area contributed by atoms with Crippen molar-refractivity contribution in [2.24, 2.45) is 0 Å². The zero-order chi connectivity index (χ0) is 21.2. The summed E-state index contributed by atoms with van der Waals surface area (Å²) in [5, 5.41) is 0. The van der Waals surface area contributed by atoms with Crippen molar-refractivity contribution in [3.63, 3.8) is 0 Å². The first-order valence-corrected chi connectivity index (χ1v) is 9.97. The summed E-state index contributed by atoms with van der Waals surface area (Å²) in [6, 6.07) is 13.3. The largest absolute Gasteiger partial charge is 0.489 e. The van der Waals surface area contributed by atoms with Crippen LogP contribution in [0.3, 0.4) is 0 Å². The molecule has 5 heteroatoms. The lowest BCUT2D eigenvalue weighted by Crippen LogP contribution is -2.25. The third kappa shape index (κ3) is 5.59. The van der Waals surface area contributed by atoms with Crippen LogP contribution in [0.25, 0.3) is 0 Å². The lowest BCUT2D eigenvalue weighted by atomic mass is 10.0. The molecule has 1 fully saturated rings. The lowest BCUT2D eigenvalue weighted by Gasteiger charge is -2.21. The van der Waals surface area contributed by atoms with Crippen molar-refractivity contribution in [1.29, 1.82) is 0 Å².